The third-order valence-corrected chi connectivity index (χ3v) is 4.25. The first-order valence-corrected chi connectivity index (χ1v) is 6.95. The van der Waals surface area contributed by atoms with Gasteiger partial charge in [-0.05, 0) is 25.2 Å². The fourth-order valence-corrected chi connectivity index (χ4v) is 2.23. The van der Waals surface area contributed by atoms with Gasteiger partial charge in [-0.1, -0.05) is 33.6 Å². The van der Waals surface area contributed by atoms with Gasteiger partial charge in [-0.3, -0.25) is 4.79 Å². The van der Waals surface area contributed by atoms with E-state index >= 15 is 0 Å². The summed E-state index contributed by atoms with van der Waals surface area (Å²) in [4.78, 5) is 23.2. The lowest BCUT2D eigenvalue weighted by atomic mass is 9.86. The predicted molar refractivity (Wildman–Crippen MR) is 74.0 cm³/mol. The first-order valence-electron chi connectivity index (χ1n) is 6.95. The minimum Gasteiger partial charge on any atom is -0.481 e. The minimum absolute atomic E-state index is 0.0187. The minimum atomic E-state index is -0.797. The van der Waals surface area contributed by atoms with Gasteiger partial charge in [0.1, 0.15) is 0 Å². The fraction of sp³-hybridized carbons (Fsp3) is 0.857. The summed E-state index contributed by atoms with van der Waals surface area (Å²) >= 11 is 0. The van der Waals surface area contributed by atoms with Crippen molar-refractivity contribution in [3.8, 4) is 0 Å². The van der Waals surface area contributed by atoms with Crippen LogP contribution in [0, 0.1) is 10.8 Å². The van der Waals surface area contributed by atoms with Crippen LogP contribution >= 0.6 is 0 Å². The van der Waals surface area contributed by atoms with Gasteiger partial charge < -0.3 is 15.7 Å². The van der Waals surface area contributed by atoms with Gasteiger partial charge >= 0.3 is 12.0 Å². The van der Waals surface area contributed by atoms with E-state index in [1.54, 1.807) is 0 Å². The molecule has 2 amide bonds. The molecule has 0 aliphatic heterocycles. The van der Waals surface area contributed by atoms with Crippen LogP contribution in [0.4, 0.5) is 4.79 Å². The zero-order chi connectivity index (χ0) is 14.7. The van der Waals surface area contributed by atoms with Crippen molar-refractivity contribution >= 4 is 12.0 Å². The van der Waals surface area contributed by atoms with Gasteiger partial charge in [0.2, 0.25) is 0 Å². The number of carbonyl (C=O) groups excluding carboxylic acids is 1. The number of carboxylic acid groups (broad SMARTS) is 1. The Morgan fingerprint density at radius 3 is 2.21 bits per heavy atom. The second-order valence-corrected chi connectivity index (χ2v) is 6.71. The number of hydrogen-bond donors (Lipinski definition) is 3. The average molecular weight is 270 g/mol. The molecule has 1 saturated carbocycles. The molecule has 5 nitrogen and oxygen atoms in total. The maximum atomic E-state index is 11.8. The Kier molecular flexibility index (Phi) is 4.82. The number of nitrogens with one attached hydrogen (secondary N) is 2. The Morgan fingerprint density at radius 2 is 1.79 bits per heavy atom. The number of hydrogen-bond acceptors (Lipinski definition) is 2. The molecule has 0 bridgehead atoms. The first kappa shape index (κ1) is 15.8. The van der Waals surface area contributed by atoms with Crippen molar-refractivity contribution in [3.63, 3.8) is 0 Å². The van der Waals surface area contributed by atoms with Crippen molar-refractivity contribution < 1.29 is 14.7 Å². The molecule has 0 saturated heterocycles. The third kappa shape index (κ3) is 4.11. The Bertz CT molecular complexity index is 341. The molecule has 5 heteroatoms. The highest BCUT2D eigenvalue weighted by Gasteiger charge is 2.41. The van der Waals surface area contributed by atoms with E-state index in [9.17, 15) is 14.7 Å². The monoisotopic (exact) mass is 270 g/mol. The van der Waals surface area contributed by atoms with Crippen molar-refractivity contribution in [2.24, 2.45) is 10.8 Å². The van der Waals surface area contributed by atoms with E-state index in [4.69, 9.17) is 0 Å². The largest absolute Gasteiger partial charge is 0.481 e. The van der Waals surface area contributed by atoms with E-state index in [1.165, 1.54) is 0 Å². The molecule has 0 aromatic rings. The second-order valence-electron chi connectivity index (χ2n) is 6.71. The molecule has 110 valence electrons. The smallest absolute Gasteiger partial charge is 0.315 e. The molecule has 0 radical (unpaired) electrons. The van der Waals surface area contributed by atoms with Crippen molar-refractivity contribution in [1.29, 1.82) is 0 Å². The Morgan fingerprint density at radius 1 is 1.26 bits per heavy atom. The molecule has 3 N–H and O–H groups in total. The van der Waals surface area contributed by atoms with Crippen LogP contribution in [0.3, 0.4) is 0 Å². The summed E-state index contributed by atoms with van der Waals surface area (Å²) in [6.07, 6.45) is 3.15. The van der Waals surface area contributed by atoms with E-state index < -0.39 is 11.4 Å². The maximum absolute atomic E-state index is 11.8. The van der Waals surface area contributed by atoms with Crippen LogP contribution in [0.5, 0.6) is 0 Å². The first-order chi connectivity index (χ1) is 8.67. The molecule has 19 heavy (non-hydrogen) atoms. The van der Waals surface area contributed by atoms with E-state index in [0.29, 0.717) is 12.8 Å². The predicted octanol–water partition coefficient (Wildman–Crippen LogP) is 2.37. The van der Waals surface area contributed by atoms with Crippen LogP contribution < -0.4 is 10.6 Å². The highest BCUT2D eigenvalue weighted by Crippen LogP contribution is 2.37. The number of carboxylic acids is 1. The Labute approximate surface area is 115 Å². The maximum Gasteiger partial charge on any atom is 0.315 e. The summed E-state index contributed by atoms with van der Waals surface area (Å²) in [5.74, 6) is -0.797. The molecule has 1 atom stereocenters. The van der Waals surface area contributed by atoms with Crippen molar-refractivity contribution in [2.45, 2.75) is 59.4 Å². The quantitative estimate of drug-likeness (QED) is 0.733. The van der Waals surface area contributed by atoms with Gasteiger partial charge in [-0.2, -0.15) is 0 Å². The van der Waals surface area contributed by atoms with Crippen LogP contribution in [0.15, 0.2) is 0 Å². The summed E-state index contributed by atoms with van der Waals surface area (Å²) in [6, 6.07) is -0.258. The molecule has 1 aliphatic carbocycles. The lowest BCUT2D eigenvalue weighted by Gasteiger charge is -2.29. The lowest BCUT2D eigenvalue weighted by molar-refractivity contribution is -0.148. The third-order valence-electron chi connectivity index (χ3n) is 4.25. The zero-order valence-corrected chi connectivity index (χ0v) is 12.4. The summed E-state index contributed by atoms with van der Waals surface area (Å²) < 4.78 is 0. The van der Waals surface area contributed by atoms with Gasteiger partial charge in [-0.25, -0.2) is 4.79 Å². The molecule has 1 unspecified atom stereocenters. The summed E-state index contributed by atoms with van der Waals surface area (Å²) in [5.41, 5.74) is -0.780. The Balaban J connectivity index is 2.47. The van der Waals surface area contributed by atoms with E-state index in [-0.39, 0.29) is 24.0 Å². The van der Waals surface area contributed by atoms with Gasteiger partial charge in [0.05, 0.1) is 5.41 Å². The number of amides is 2. The van der Waals surface area contributed by atoms with Crippen LogP contribution in [0.1, 0.15) is 53.4 Å². The molecular formula is C14H26N2O3. The summed E-state index contributed by atoms with van der Waals surface area (Å²) in [7, 11) is 0. The van der Waals surface area contributed by atoms with Gasteiger partial charge in [-0.15, -0.1) is 0 Å². The van der Waals surface area contributed by atoms with Crippen molar-refractivity contribution in [1.82, 2.24) is 10.6 Å². The normalized spacial score (nSPS) is 19.8. The molecule has 0 aromatic carbocycles. The van der Waals surface area contributed by atoms with Crippen molar-refractivity contribution in [3.05, 3.63) is 0 Å². The van der Waals surface area contributed by atoms with E-state index in [1.807, 2.05) is 27.7 Å². The van der Waals surface area contributed by atoms with Crippen LogP contribution in [-0.4, -0.2) is 29.7 Å². The van der Waals surface area contributed by atoms with E-state index in [0.717, 1.165) is 12.8 Å². The topological polar surface area (TPSA) is 78.4 Å². The number of urea groups is 1. The fourth-order valence-electron chi connectivity index (χ4n) is 2.23. The zero-order valence-electron chi connectivity index (χ0n) is 12.4. The molecule has 0 aromatic heterocycles. The highest BCUT2D eigenvalue weighted by molar-refractivity contribution is 5.78. The summed E-state index contributed by atoms with van der Waals surface area (Å²) in [5, 5.41) is 14.9. The number of carbonyl (C=O) groups is 2. The van der Waals surface area contributed by atoms with Crippen LogP contribution in [0.25, 0.3) is 0 Å². The van der Waals surface area contributed by atoms with Crippen LogP contribution in [0.2, 0.25) is 0 Å². The highest BCUT2D eigenvalue weighted by atomic mass is 16.4. The molecule has 0 spiro atoms. The molecule has 0 heterocycles. The van der Waals surface area contributed by atoms with E-state index in [2.05, 4.69) is 10.6 Å². The second kappa shape index (κ2) is 5.80. The van der Waals surface area contributed by atoms with Crippen molar-refractivity contribution in [2.75, 3.05) is 6.54 Å². The Hall–Kier alpha value is -1.26. The SMILES string of the molecule is CC(NC(=O)NCC1(C(=O)O)CCCC1)C(C)(C)C. The van der Waals surface area contributed by atoms with Gasteiger partial charge in [0, 0.05) is 12.6 Å². The standard InChI is InChI=1S/C14H26N2O3/c1-10(13(2,3)4)16-12(19)15-9-14(11(17)18)7-5-6-8-14/h10H,5-9H2,1-4H3,(H,17,18)(H2,15,16,19). The molecule has 1 rings (SSSR count). The van der Waals surface area contributed by atoms with Gasteiger partial charge in [0.25, 0.3) is 0 Å². The number of rotatable bonds is 4. The van der Waals surface area contributed by atoms with Gasteiger partial charge in [0.15, 0.2) is 0 Å². The molecule has 1 fully saturated rings. The molecule has 1 aliphatic rings. The number of aliphatic carboxylic acids is 1. The summed E-state index contributed by atoms with van der Waals surface area (Å²) in [6.45, 7) is 8.31. The van der Waals surface area contributed by atoms with Crippen LogP contribution in [-0.2, 0) is 4.79 Å². The average Bonchev–Trinajstić information content (AvgIpc) is 2.75. The lowest BCUT2D eigenvalue weighted by Crippen LogP contribution is -2.50. The molecular weight excluding hydrogens is 244 g/mol.